The number of carbonyl (C=O) groups is 1. The van der Waals surface area contributed by atoms with E-state index >= 15 is 0 Å². The number of halogens is 1. The lowest BCUT2D eigenvalue weighted by Gasteiger charge is -2.11. The van der Waals surface area contributed by atoms with E-state index < -0.39 is 11.7 Å². The molecule has 5 heteroatoms. The molecule has 0 spiro atoms. The highest BCUT2D eigenvalue weighted by Crippen LogP contribution is 2.24. The zero-order valence-corrected chi connectivity index (χ0v) is 11.0. The molecule has 4 nitrogen and oxygen atoms in total. The van der Waals surface area contributed by atoms with E-state index in [-0.39, 0.29) is 17.7 Å². The summed E-state index contributed by atoms with van der Waals surface area (Å²) >= 11 is 0. The van der Waals surface area contributed by atoms with E-state index in [1.807, 2.05) is 6.92 Å². The minimum atomic E-state index is -0.605. The number of rotatable bonds is 4. The molecule has 2 aromatic carbocycles. The van der Waals surface area contributed by atoms with E-state index in [0.717, 1.165) is 5.56 Å². The van der Waals surface area contributed by atoms with Crippen molar-refractivity contribution >= 4 is 11.6 Å². The van der Waals surface area contributed by atoms with E-state index in [0.29, 0.717) is 11.4 Å². The number of nitrogen functional groups attached to an aromatic ring is 1. The topological polar surface area (TPSA) is 78.3 Å². The van der Waals surface area contributed by atoms with E-state index in [9.17, 15) is 9.18 Å². The van der Waals surface area contributed by atoms with Gasteiger partial charge >= 0.3 is 0 Å². The zero-order valence-electron chi connectivity index (χ0n) is 11.0. The molecule has 0 aromatic heterocycles. The van der Waals surface area contributed by atoms with Crippen molar-refractivity contribution in [2.45, 2.75) is 13.5 Å². The number of ether oxygens (including phenoxy) is 1. The molecule has 104 valence electrons. The first-order valence-electron chi connectivity index (χ1n) is 6.05. The molecule has 0 heterocycles. The van der Waals surface area contributed by atoms with Crippen molar-refractivity contribution < 1.29 is 13.9 Å². The molecular formula is C15H15FN2O2. The SMILES string of the molecule is Cc1c(N)cccc1OCc1cc(C(N)=O)ccc1F. The zero-order chi connectivity index (χ0) is 14.7. The molecule has 0 unspecified atom stereocenters. The second-order valence-electron chi connectivity index (χ2n) is 4.43. The molecule has 0 radical (unpaired) electrons. The summed E-state index contributed by atoms with van der Waals surface area (Å²) in [7, 11) is 0. The third-order valence-corrected chi connectivity index (χ3v) is 3.04. The fourth-order valence-electron chi connectivity index (χ4n) is 1.78. The number of hydrogen-bond donors (Lipinski definition) is 2. The summed E-state index contributed by atoms with van der Waals surface area (Å²) in [6, 6.07) is 9.20. The monoisotopic (exact) mass is 274 g/mol. The highest BCUT2D eigenvalue weighted by Gasteiger charge is 2.09. The lowest BCUT2D eigenvalue weighted by atomic mass is 10.1. The minimum Gasteiger partial charge on any atom is -0.488 e. The molecule has 1 amide bonds. The van der Waals surface area contributed by atoms with Gasteiger partial charge < -0.3 is 16.2 Å². The molecule has 0 aliphatic carbocycles. The second-order valence-corrected chi connectivity index (χ2v) is 4.43. The molecule has 0 bridgehead atoms. The molecule has 4 N–H and O–H groups in total. The Kier molecular flexibility index (Phi) is 3.89. The predicted octanol–water partition coefficient (Wildman–Crippen LogP) is 2.39. The third-order valence-electron chi connectivity index (χ3n) is 3.04. The molecule has 2 aromatic rings. The van der Waals surface area contributed by atoms with E-state index in [1.54, 1.807) is 18.2 Å². The normalized spacial score (nSPS) is 10.3. The van der Waals surface area contributed by atoms with E-state index in [1.165, 1.54) is 18.2 Å². The highest BCUT2D eigenvalue weighted by atomic mass is 19.1. The van der Waals surface area contributed by atoms with Crippen LogP contribution in [0.1, 0.15) is 21.5 Å². The number of benzene rings is 2. The van der Waals surface area contributed by atoms with Gasteiger partial charge in [0.15, 0.2) is 0 Å². The van der Waals surface area contributed by atoms with Gasteiger partial charge in [-0.3, -0.25) is 4.79 Å². The van der Waals surface area contributed by atoms with Crippen LogP contribution in [0.15, 0.2) is 36.4 Å². The Morgan fingerprint density at radius 2 is 2.05 bits per heavy atom. The molecule has 0 fully saturated rings. The van der Waals surface area contributed by atoms with Crippen LogP contribution in [0.3, 0.4) is 0 Å². The first-order chi connectivity index (χ1) is 9.49. The van der Waals surface area contributed by atoms with Gasteiger partial charge in [0.1, 0.15) is 18.2 Å². The van der Waals surface area contributed by atoms with Crippen molar-refractivity contribution in [1.82, 2.24) is 0 Å². The first kappa shape index (κ1) is 13.9. The van der Waals surface area contributed by atoms with Crippen LogP contribution in [0.25, 0.3) is 0 Å². The summed E-state index contributed by atoms with van der Waals surface area (Å²) in [5, 5.41) is 0. The molecule has 2 rings (SSSR count). The summed E-state index contributed by atoms with van der Waals surface area (Å²) in [6.45, 7) is 1.82. The van der Waals surface area contributed by atoms with Crippen LogP contribution in [0.5, 0.6) is 5.75 Å². The Labute approximate surface area is 116 Å². The highest BCUT2D eigenvalue weighted by molar-refractivity contribution is 5.92. The van der Waals surface area contributed by atoms with Crippen LogP contribution >= 0.6 is 0 Å². The number of carbonyl (C=O) groups excluding carboxylic acids is 1. The second kappa shape index (κ2) is 5.61. The Morgan fingerprint density at radius 3 is 2.75 bits per heavy atom. The average Bonchev–Trinajstić information content (AvgIpc) is 2.41. The van der Waals surface area contributed by atoms with E-state index in [2.05, 4.69) is 0 Å². The Bertz CT molecular complexity index is 656. The van der Waals surface area contributed by atoms with Gasteiger partial charge in [-0.1, -0.05) is 6.07 Å². The summed E-state index contributed by atoms with van der Waals surface area (Å²) < 4.78 is 19.2. The first-order valence-corrected chi connectivity index (χ1v) is 6.05. The fraction of sp³-hybridized carbons (Fsp3) is 0.133. The Morgan fingerprint density at radius 1 is 1.30 bits per heavy atom. The van der Waals surface area contributed by atoms with Crippen molar-refractivity contribution in [2.24, 2.45) is 5.73 Å². The van der Waals surface area contributed by atoms with Gasteiger partial charge in [-0.05, 0) is 37.3 Å². The summed E-state index contributed by atoms with van der Waals surface area (Å²) in [5.74, 6) is -0.475. The standard InChI is InChI=1S/C15H15FN2O2/c1-9-13(17)3-2-4-14(9)20-8-11-7-10(15(18)19)5-6-12(11)16/h2-7H,8,17H2,1H3,(H2,18,19). The number of nitrogens with two attached hydrogens (primary N) is 2. The smallest absolute Gasteiger partial charge is 0.248 e. The Hall–Kier alpha value is -2.56. The van der Waals surface area contributed by atoms with Crippen molar-refractivity contribution in [3.63, 3.8) is 0 Å². The summed E-state index contributed by atoms with van der Waals surface area (Å²) in [6.07, 6.45) is 0. The molecule has 0 saturated carbocycles. The van der Waals surface area contributed by atoms with Gasteiger partial charge in [0.2, 0.25) is 5.91 Å². The third kappa shape index (κ3) is 2.88. The van der Waals surface area contributed by atoms with Gasteiger partial charge in [-0.2, -0.15) is 0 Å². The van der Waals surface area contributed by atoms with Gasteiger partial charge in [-0.25, -0.2) is 4.39 Å². The minimum absolute atomic E-state index is 0.00273. The van der Waals surface area contributed by atoms with Crippen molar-refractivity contribution in [2.75, 3.05) is 5.73 Å². The maximum absolute atomic E-state index is 13.7. The van der Waals surface area contributed by atoms with Crippen LogP contribution in [0, 0.1) is 12.7 Å². The number of hydrogen-bond acceptors (Lipinski definition) is 3. The van der Waals surface area contributed by atoms with Crippen LogP contribution < -0.4 is 16.2 Å². The van der Waals surface area contributed by atoms with Crippen LogP contribution in [-0.4, -0.2) is 5.91 Å². The van der Waals surface area contributed by atoms with Gasteiger partial charge in [0.05, 0.1) is 0 Å². The van der Waals surface area contributed by atoms with Gasteiger partial charge in [-0.15, -0.1) is 0 Å². The van der Waals surface area contributed by atoms with Crippen molar-refractivity contribution in [3.8, 4) is 5.75 Å². The molecule has 0 aliphatic heterocycles. The maximum Gasteiger partial charge on any atom is 0.248 e. The molecular weight excluding hydrogens is 259 g/mol. The lowest BCUT2D eigenvalue weighted by Crippen LogP contribution is -2.12. The number of primary amides is 1. The van der Waals surface area contributed by atoms with Crippen LogP contribution in [0.4, 0.5) is 10.1 Å². The van der Waals surface area contributed by atoms with Gasteiger partial charge in [0.25, 0.3) is 0 Å². The number of amides is 1. The van der Waals surface area contributed by atoms with Crippen LogP contribution in [0.2, 0.25) is 0 Å². The molecule has 0 atom stereocenters. The van der Waals surface area contributed by atoms with Gasteiger partial charge in [0, 0.05) is 22.4 Å². The quantitative estimate of drug-likeness (QED) is 0.840. The summed E-state index contributed by atoms with van der Waals surface area (Å²) in [4.78, 5) is 11.1. The summed E-state index contributed by atoms with van der Waals surface area (Å²) in [5.41, 5.74) is 12.8. The van der Waals surface area contributed by atoms with Crippen molar-refractivity contribution in [1.29, 1.82) is 0 Å². The average molecular weight is 274 g/mol. The lowest BCUT2D eigenvalue weighted by molar-refractivity contribution is 0.1000. The molecule has 0 aliphatic rings. The number of anilines is 1. The largest absolute Gasteiger partial charge is 0.488 e. The van der Waals surface area contributed by atoms with E-state index in [4.69, 9.17) is 16.2 Å². The molecule has 0 saturated heterocycles. The predicted molar refractivity (Wildman–Crippen MR) is 74.8 cm³/mol. The fourth-order valence-corrected chi connectivity index (χ4v) is 1.78. The Balaban J connectivity index is 2.20. The molecule has 20 heavy (non-hydrogen) atoms. The van der Waals surface area contributed by atoms with Crippen molar-refractivity contribution in [3.05, 3.63) is 58.9 Å². The van der Waals surface area contributed by atoms with Crippen LogP contribution in [-0.2, 0) is 6.61 Å². The maximum atomic E-state index is 13.7.